The van der Waals surface area contributed by atoms with E-state index in [2.05, 4.69) is 10.6 Å². The van der Waals surface area contributed by atoms with Crippen molar-refractivity contribution in [3.05, 3.63) is 35.9 Å². The van der Waals surface area contributed by atoms with Gasteiger partial charge in [0.2, 0.25) is 0 Å². The van der Waals surface area contributed by atoms with Gasteiger partial charge in [-0.15, -0.1) is 0 Å². The molecule has 0 radical (unpaired) electrons. The summed E-state index contributed by atoms with van der Waals surface area (Å²) in [4.78, 5) is 36.6. The number of alkyl carbamates (subject to hydrolysis) is 1. The zero-order chi connectivity index (χ0) is 22.0. The van der Waals surface area contributed by atoms with Crippen LogP contribution >= 0.6 is 12.2 Å². The molecule has 2 atom stereocenters. The monoisotopic (exact) mass is 424 g/mol. The van der Waals surface area contributed by atoms with Crippen molar-refractivity contribution in [2.24, 2.45) is 0 Å². The lowest BCUT2D eigenvalue weighted by Gasteiger charge is -2.25. The molecule has 0 aliphatic heterocycles. The minimum atomic E-state index is -1.32. The summed E-state index contributed by atoms with van der Waals surface area (Å²) in [5.41, 5.74) is 0.103. The number of carbonyl (C=O) groups is 3. The molecule has 0 saturated heterocycles. The van der Waals surface area contributed by atoms with Crippen LogP contribution in [0.15, 0.2) is 30.3 Å². The van der Waals surface area contributed by atoms with Crippen molar-refractivity contribution >= 4 is 35.2 Å². The third-order valence-corrected chi connectivity index (χ3v) is 3.88. The number of thiocarbonyl (C=S) groups is 1. The van der Waals surface area contributed by atoms with Gasteiger partial charge < -0.3 is 24.8 Å². The fraction of sp³-hybridized carbons (Fsp3) is 0.500. The Morgan fingerprint density at radius 3 is 2.21 bits per heavy atom. The zero-order valence-corrected chi connectivity index (χ0v) is 18.1. The number of amides is 1. The molecule has 1 amide bonds. The maximum atomic E-state index is 12.3. The van der Waals surface area contributed by atoms with Crippen LogP contribution in [0.5, 0.6) is 0 Å². The number of carbonyl (C=O) groups excluding carboxylic acids is 3. The highest BCUT2D eigenvalue weighted by Crippen LogP contribution is 2.09. The molecule has 0 spiro atoms. The second-order valence-electron chi connectivity index (χ2n) is 7.11. The van der Waals surface area contributed by atoms with Crippen molar-refractivity contribution in [3.8, 4) is 0 Å². The van der Waals surface area contributed by atoms with E-state index in [1.807, 2.05) is 30.3 Å². The number of hydrogen-bond acceptors (Lipinski definition) is 7. The second kappa shape index (κ2) is 11.4. The Labute approximate surface area is 176 Å². The molecule has 0 heterocycles. The van der Waals surface area contributed by atoms with Gasteiger partial charge in [-0.3, -0.25) is 0 Å². The number of esters is 2. The predicted molar refractivity (Wildman–Crippen MR) is 111 cm³/mol. The standard InChI is InChI=1S/C20H28N2O6S/c1-6-27-18(24)15(22-19(25)28-20(2,3)4)16(29)21-14(17(23)26-5)12-13-10-8-7-9-11-13/h7-11,14-15H,6,12H2,1-5H3,(H,21,29)(H,22,25)/t14-,15?/m0/s1. The molecule has 160 valence electrons. The largest absolute Gasteiger partial charge is 0.467 e. The molecule has 29 heavy (non-hydrogen) atoms. The quantitative estimate of drug-likeness (QED) is 0.372. The van der Waals surface area contributed by atoms with Gasteiger partial charge in [-0.25, -0.2) is 14.4 Å². The average Bonchev–Trinajstić information content (AvgIpc) is 2.64. The molecule has 0 fully saturated rings. The number of methoxy groups -OCH3 is 1. The van der Waals surface area contributed by atoms with Gasteiger partial charge in [0.05, 0.1) is 13.7 Å². The average molecular weight is 425 g/mol. The van der Waals surface area contributed by atoms with Crippen molar-refractivity contribution in [1.29, 1.82) is 0 Å². The third-order valence-electron chi connectivity index (χ3n) is 3.53. The molecule has 0 aromatic heterocycles. The number of hydrogen-bond donors (Lipinski definition) is 2. The lowest BCUT2D eigenvalue weighted by Crippen LogP contribution is -2.55. The smallest absolute Gasteiger partial charge is 0.408 e. The van der Waals surface area contributed by atoms with Crippen LogP contribution in [0.1, 0.15) is 33.3 Å². The van der Waals surface area contributed by atoms with E-state index in [9.17, 15) is 14.4 Å². The van der Waals surface area contributed by atoms with E-state index in [0.717, 1.165) is 5.56 Å². The SMILES string of the molecule is CCOC(=O)C(NC(=O)OC(C)(C)C)C(=S)N[C@@H](Cc1ccccc1)C(=O)OC. The van der Waals surface area contributed by atoms with Crippen LogP contribution in [0.4, 0.5) is 4.79 Å². The van der Waals surface area contributed by atoms with E-state index in [4.69, 9.17) is 26.4 Å². The summed E-state index contributed by atoms with van der Waals surface area (Å²) in [7, 11) is 1.26. The number of rotatable bonds is 8. The molecular weight excluding hydrogens is 396 g/mol. The first kappa shape index (κ1) is 24.4. The van der Waals surface area contributed by atoms with E-state index < -0.39 is 35.7 Å². The molecule has 1 unspecified atom stereocenters. The van der Waals surface area contributed by atoms with Gasteiger partial charge in [-0.05, 0) is 33.3 Å². The van der Waals surface area contributed by atoms with Crippen molar-refractivity contribution in [3.63, 3.8) is 0 Å². The van der Waals surface area contributed by atoms with Gasteiger partial charge in [0.25, 0.3) is 0 Å². The molecule has 0 saturated carbocycles. The van der Waals surface area contributed by atoms with Crippen molar-refractivity contribution < 1.29 is 28.6 Å². The Balaban J connectivity index is 2.97. The summed E-state index contributed by atoms with van der Waals surface area (Å²) >= 11 is 5.30. The van der Waals surface area contributed by atoms with Gasteiger partial charge in [-0.2, -0.15) is 0 Å². The molecule has 0 bridgehead atoms. The van der Waals surface area contributed by atoms with Crippen molar-refractivity contribution in [1.82, 2.24) is 10.6 Å². The first-order valence-electron chi connectivity index (χ1n) is 9.15. The Morgan fingerprint density at radius 2 is 1.69 bits per heavy atom. The van der Waals surface area contributed by atoms with E-state index in [1.165, 1.54) is 7.11 Å². The number of nitrogens with one attached hydrogen (secondary N) is 2. The predicted octanol–water partition coefficient (Wildman–Crippen LogP) is 2.14. The van der Waals surface area contributed by atoms with Gasteiger partial charge in [0.15, 0.2) is 6.04 Å². The van der Waals surface area contributed by atoms with E-state index in [-0.39, 0.29) is 18.0 Å². The first-order valence-corrected chi connectivity index (χ1v) is 9.56. The second-order valence-corrected chi connectivity index (χ2v) is 7.55. The molecule has 1 aromatic carbocycles. The van der Waals surface area contributed by atoms with Crippen molar-refractivity contribution in [2.45, 2.75) is 51.8 Å². The molecule has 8 nitrogen and oxygen atoms in total. The van der Waals surface area contributed by atoms with E-state index in [0.29, 0.717) is 0 Å². The molecule has 9 heteroatoms. The lowest BCUT2D eigenvalue weighted by atomic mass is 10.1. The molecule has 1 rings (SSSR count). The van der Waals surface area contributed by atoms with E-state index >= 15 is 0 Å². The van der Waals surface area contributed by atoms with Gasteiger partial charge >= 0.3 is 18.0 Å². The summed E-state index contributed by atoms with van der Waals surface area (Å²) in [6.07, 6.45) is -0.562. The van der Waals surface area contributed by atoms with E-state index in [1.54, 1.807) is 27.7 Å². The van der Waals surface area contributed by atoms with Gasteiger partial charge in [0, 0.05) is 6.42 Å². The highest BCUT2D eigenvalue weighted by molar-refractivity contribution is 7.80. The maximum Gasteiger partial charge on any atom is 0.408 e. The Kier molecular flexibility index (Phi) is 9.54. The van der Waals surface area contributed by atoms with Gasteiger partial charge in [-0.1, -0.05) is 42.5 Å². The topological polar surface area (TPSA) is 103 Å². The van der Waals surface area contributed by atoms with Crippen molar-refractivity contribution in [2.75, 3.05) is 13.7 Å². The molecule has 0 aliphatic carbocycles. The molecule has 1 aromatic rings. The van der Waals surface area contributed by atoms with Crippen LogP contribution in [0.3, 0.4) is 0 Å². The zero-order valence-electron chi connectivity index (χ0n) is 17.3. The summed E-state index contributed by atoms with van der Waals surface area (Å²) in [6.45, 7) is 6.80. The summed E-state index contributed by atoms with van der Waals surface area (Å²) < 4.78 is 15.0. The highest BCUT2D eigenvalue weighted by atomic mass is 32.1. The molecule has 0 aliphatic rings. The number of ether oxygens (including phenoxy) is 3. The fourth-order valence-electron chi connectivity index (χ4n) is 2.32. The Bertz CT molecular complexity index is 717. The summed E-state index contributed by atoms with van der Waals surface area (Å²) in [6, 6.07) is 7.07. The molecule has 2 N–H and O–H groups in total. The Morgan fingerprint density at radius 1 is 1.07 bits per heavy atom. The lowest BCUT2D eigenvalue weighted by molar-refractivity contribution is -0.144. The minimum absolute atomic E-state index is 0.0827. The minimum Gasteiger partial charge on any atom is -0.467 e. The van der Waals surface area contributed by atoms with Crippen LogP contribution < -0.4 is 10.6 Å². The highest BCUT2D eigenvalue weighted by Gasteiger charge is 2.32. The maximum absolute atomic E-state index is 12.3. The normalized spacial score (nSPS) is 12.9. The fourth-order valence-corrected chi connectivity index (χ4v) is 2.62. The van der Waals surface area contributed by atoms with Crippen LogP contribution in [0, 0.1) is 0 Å². The van der Waals surface area contributed by atoms with Crippen LogP contribution in [0.2, 0.25) is 0 Å². The summed E-state index contributed by atoms with van der Waals surface area (Å²) in [5, 5.41) is 5.20. The van der Waals surface area contributed by atoms with Crippen LogP contribution in [-0.4, -0.2) is 54.4 Å². The van der Waals surface area contributed by atoms with Crippen LogP contribution in [0.25, 0.3) is 0 Å². The first-order chi connectivity index (χ1) is 13.6. The Hall–Kier alpha value is -2.68. The third kappa shape index (κ3) is 8.91. The molecular formula is C20H28N2O6S. The van der Waals surface area contributed by atoms with Gasteiger partial charge in [0.1, 0.15) is 16.6 Å². The number of benzene rings is 1. The summed E-state index contributed by atoms with van der Waals surface area (Å²) in [5.74, 6) is -1.32. The van der Waals surface area contributed by atoms with Crippen LogP contribution in [-0.2, 0) is 30.2 Å².